The smallest absolute Gasteiger partial charge is 0.162 e. The molecule has 1 N–H and O–H groups in total. The highest BCUT2D eigenvalue weighted by atomic mass is 127. The van der Waals surface area contributed by atoms with Crippen LogP contribution in [0.4, 0.5) is 10.2 Å². The molecule has 0 saturated carbocycles. The molecular formula is C13H13FIN3O. The van der Waals surface area contributed by atoms with Gasteiger partial charge in [-0.3, -0.25) is 0 Å². The molecule has 0 aliphatic heterocycles. The van der Waals surface area contributed by atoms with E-state index in [0.717, 1.165) is 9.26 Å². The Kier molecular flexibility index (Phi) is 4.65. The number of halogens is 2. The maximum Gasteiger partial charge on any atom is 0.162 e. The lowest BCUT2D eigenvalue weighted by Crippen LogP contribution is -2.06. The third kappa shape index (κ3) is 3.19. The third-order valence-corrected chi connectivity index (χ3v) is 3.65. The fourth-order valence-electron chi connectivity index (χ4n) is 1.65. The Hall–Kier alpha value is -1.28. The van der Waals surface area contributed by atoms with Crippen LogP contribution in [0.3, 0.4) is 0 Å². The first-order valence-corrected chi connectivity index (χ1v) is 6.72. The van der Waals surface area contributed by atoms with Crippen molar-refractivity contribution in [3.8, 4) is 11.4 Å². The lowest BCUT2D eigenvalue weighted by molar-refractivity contribution is 0.181. The van der Waals surface area contributed by atoms with Gasteiger partial charge in [0.05, 0.1) is 15.9 Å². The van der Waals surface area contributed by atoms with Gasteiger partial charge in [0, 0.05) is 19.7 Å². The van der Waals surface area contributed by atoms with Gasteiger partial charge < -0.3 is 10.1 Å². The Bertz CT molecular complexity index is 592. The number of hydrogen-bond donors (Lipinski definition) is 1. The number of ether oxygens (including phenoxy) is 1. The summed E-state index contributed by atoms with van der Waals surface area (Å²) in [7, 11) is 3.40. The molecule has 1 heterocycles. The standard InChI is InChI=1S/C13H13FIN3O/c1-16-13-11(15)10(7-19-2)17-12(18-13)8-4-3-5-9(14)6-8/h3-6H,7H2,1-2H3,(H,16,17,18). The van der Waals surface area contributed by atoms with Crippen molar-refractivity contribution in [1.82, 2.24) is 9.97 Å². The van der Waals surface area contributed by atoms with Crippen LogP contribution in [-0.4, -0.2) is 24.1 Å². The molecule has 0 aliphatic rings. The Labute approximate surface area is 124 Å². The average molecular weight is 373 g/mol. The van der Waals surface area contributed by atoms with Crippen molar-refractivity contribution < 1.29 is 9.13 Å². The van der Waals surface area contributed by atoms with Crippen molar-refractivity contribution in [3.05, 3.63) is 39.3 Å². The van der Waals surface area contributed by atoms with Crippen LogP contribution in [0, 0.1) is 9.39 Å². The summed E-state index contributed by atoms with van der Waals surface area (Å²) in [4.78, 5) is 8.82. The SMILES string of the molecule is CNc1nc(-c2cccc(F)c2)nc(COC)c1I. The first kappa shape index (κ1) is 14.1. The topological polar surface area (TPSA) is 47.0 Å². The lowest BCUT2D eigenvalue weighted by Gasteiger charge is -2.10. The molecule has 0 atom stereocenters. The Morgan fingerprint density at radius 1 is 1.37 bits per heavy atom. The minimum atomic E-state index is -0.307. The summed E-state index contributed by atoms with van der Waals surface area (Å²) in [5.74, 6) is 0.886. The van der Waals surface area contributed by atoms with Gasteiger partial charge in [-0.15, -0.1) is 0 Å². The number of rotatable bonds is 4. The Balaban J connectivity index is 2.54. The second kappa shape index (κ2) is 6.25. The largest absolute Gasteiger partial charge is 0.378 e. The normalized spacial score (nSPS) is 10.5. The quantitative estimate of drug-likeness (QED) is 0.837. The van der Waals surface area contributed by atoms with Crippen LogP contribution in [0.2, 0.25) is 0 Å². The van der Waals surface area contributed by atoms with Gasteiger partial charge in [-0.1, -0.05) is 12.1 Å². The summed E-state index contributed by atoms with van der Waals surface area (Å²) in [5, 5.41) is 3.01. The molecule has 4 nitrogen and oxygen atoms in total. The van der Waals surface area contributed by atoms with E-state index in [9.17, 15) is 4.39 Å². The highest BCUT2D eigenvalue weighted by Crippen LogP contribution is 2.24. The molecule has 0 unspecified atom stereocenters. The lowest BCUT2D eigenvalue weighted by atomic mass is 10.2. The molecule has 6 heteroatoms. The van der Waals surface area contributed by atoms with Gasteiger partial charge in [0.15, 0.2) is 5.82 Å². The predicted octanol–water partition coefficient (Wildman–Crippen LogP) is 3.08. The van der Waals surface area contributed by atoms with E-state index >= 15 is 0 Å². The van der Waals surface area contributed by atoms with Gasteiger partial charge >= 0.3 is 0 Å². The van der Waals surface area contributed by atoms with Gasteiger partial charge in [-0.25, -0.2) is 14.4 Å². The molecule has 1 aromatic carbocycles. The molecule has 0 radical (unpaired) electrons. The summed E-state index contributed by atoms with van der Waals surface area (Å²) in [6.45, 7) is 0.387. The summed E-state index contributed by atoms with van der Waals surface area (Å²) in [6.07, 6.45) is 0. The molecule has 0 aliphatic carbocycles. The number of benzene rings is 1. The highest BCUT2D eigenvalue weighted by Gasteiger charge is 2.12. The number of nitrogens with zero attached hydrogens (tertiary/aromatic N) is 2. The van der Waals surface area contributed by atoms with E-state index in [0.29, 0.717) is 23.8 Å². The number of anilines is 1. The number of methoxy groups -OCH3 is 1. The van der Waals surface area contributed by atoms with Crippen molar-refractivity contribution in [2.75, 3.05) is 19.5 Å². The number of aromatic nitrogens is 2. The number of hydrogen-bond acceptors (Lipinski definition) is 4. The van der Waals surface area contributed by atoms with Gasteiger partial charge in [0.25, 0.3) is 0 Å². The summed E-state index contributed by atoms with van der Waals surface area (Å²) in [6, 6.07) is 6.23. The zero-order chi connectivity index (χ0) is 13.8. The van der Waals surface area contributed by atoms with E-state index in [1.165, 1.54) is 12.1 Å². The highest BCUT2D eigenvalue weighted by molar-refractivity contribution is 14.1. The minimum Gasteiger partial charge on any atom is -0.378 e. The Morgan fingerprint density at radius 2 is 2.16 bits per heavy atom. The molecule has 0 saturated heterocycles. The molecule has 2 aromatic rings. The maximum atomic E-state index is 13.3. The third-order valence-electron chi connectivity index (χ3n) is 2.52. The van der Waals surface area contributed by atoms with Crippen LogP contribution in [0.25, 0.3) is 11.4 Å². The van der Waals surface area contributed by atoms with E-state index in [4.69, 9.17) is 4.74 Å². The maximum absolute atomic E-state index is 13.3. The molecule has 0 amide bonds. The summed E-state index contributed by atoms with van der Waals surface area (Å²) in [5.41, 5.74) is 1.42. The van der Waals surface area contributed by atoms with Crippen molar-refractivity contribution >= 4 is 28.4 Å². The van der Waals surface area contributed by atoms with Crippen LogP contribution in [0.15, 0.2) is 24.3 Å². The monoisotopic (exact) mass is 373 g/mol. The van der Waals surface area contributed by atoms with Gasteiger partial charge in [-0.05, 0) is 34.7 Å². The van der Waals surface area contributed by atoms with Crippen LogP contribution < -0.4 is 5.32 Å². The molecule has 0 fully saturated rings. The van der Waals surface area contributed by atoms with Gasteiger partial charge in [-0.2, -0.15) is 0 Å². The molecule has 0 spiro atoms. The molecular weight excluding hydrogens is 360 g/mol. The molecule has 2 rings (SSSR count). The van der Waals surface area contributed by atoms with Crippen LogP contribution >= 0.6 is 22.6 Å². The van der Waals surface area contributed by atoms with Crippen molar-refractivity contribution in [3.63, 3.8) is 0 Å². The Morgan fingerprint density at radius 3 is 2.79 bits per heavy atom. The molecule has 19 heavy (non-hydrogen) atoms. The van der Waals surface area contributed by atoms with E-state index in [1.807, 2.05) is 0 Å². The van der Waals surface area contributed by atoms with Gasteiger partial charge in [0.2, 0.25) is 0 Å². The average Bonchev–Trinajstić information content (AvgIpc) is 2.41. The second-order valence-electron chi connectivity index (χ2n) is 3.85. The first-order valence-electron chi connectivity index (χ1n) is 5.64. The predicted molar refractivity (Wildman–Crippen MR) is 80.4 cm³/mol. The minimum absolute atomic E-state index is 0.307. The van der Waals surface area contributed by atoms with Crippen molar-refractivity contribution in [2.24, 2.45) is 0 Å². The fourth-order valence-corrected chi connectivity index (χ4v) is 2.31. The van der Waals surface area contributed by atoms with E-state index in [-0.39, 0.29) is 5.82 Å². The zero-order valence-corrected chi connectivity index (χ0v) is 12.7. The van der Waals surface area contributed by atoms with Crippen LogP contribution in [-0.2, 0) is 11.3 Å². The van der Waals surface area contributed by atoms with E-state index in [2.05, 4.69) is 37.9 Å². The van der Waals surface area contributed by atoms with Crippen molar-refractivity contribution in [2.45, 2.75) is 6.61 Å². The van der Waals surface area contributed by atoms with Gasteiger partial charge in [0.1, 0.15) is 11.6 Å². The summed E-state index contributed by atoms with van der Waals surface area (Å²) >= 11 is 2.17. The fraction of sp³-hybridized carbons (Fsp3) is 0.231. The van der Waals surface area contributed by atoms with Crippen molar-refractivity contribution in [1.29, 1.82) is 0 Å². The molecule has 1 aromatic heterocycles. The summed E-state index contributed by atoms with van der Waals surface area (Å²) < 4.78 is 19.3. The molecule has 100 valence electrons. The zero-order valence-electron chi connectivity index (χ0n) is 10.6. The van der Waals surface area contributed by atoms with E-state index in [1.54, 1.807) is 26.3 Å². The van der Waals surface area contributed by atoms with Crippen LogP contribution in [0.5, 0.6) is 0 Å². The molecule has 0 bridgehead atoms. The van der Waals surface area contributed by atoms with E-state index < -0.39 is 0 Å². The number of nitrogens with one attached hydrogen (secondary N) is 1. The van der Waals surface area contributed by atoms with Crippen LogP contribution in [0.1, 0.15) is 5.69 Å². The second-order valence-corrected chi connectivity index (χ2v) is 4.93. The first-order chi connectivity index (χ1) is 9.15.